The van der Waals surface area contributed by atoms with Gasteiger partial charge in [0.2, 0.25) is 0 Å². The summed E-state index contributed by atoms with van der Waals surface area (Å²) in [5, 5.41) is 13.0. The van der Waals surface area contributed by atoms with Gasteiger partial charge in [0.25, 0.3) is 0 Å². The Hall–Kier alpha value is -6.01. The van der Waals surface area contributed by atoms with Crippen LogP contribution in [0.1, 0.15) is 103 Å². The topological polar surface area (TPSA) is 64.3 Å². The molecule has 286 valence electrons. The number of para-hydroxylation sites is 1. The molecule has 9 rings (SSSR count). The maximum atomic E-state index is 5.49. The highest BCUT2D eigenvalue weighted by atomic mass is 15.1. The molecule has 0 aliphatic carbocycles. The predicted octanol–water partition coefficient (Wildman–Crippen LogP) is 13.6. The van der Waals surface area contributed by atoms with Crippen LogP contribution in [0.5, 0.6) is 0 Å². The summed E-state index contributed by atoms with van der Waals surface area (Å²) in [4.78, 5) is 10.4. The van der Waals surface area contributed by atoms with Crippen molar-refractivity contribution in [1.82, 2.24) is 29.3 Å². The molecule has 5 aromatic heterocycles. The van der Waals surface area contributed by atoms with Crippen LogP contribution < -0.4 is 0 Å². The second kappa shape index (κ2) is 13.3. The van der Waals surface area contributed by atoms with Gasteiger partial charge in [0.1, 0.15) is 11.5 Å². The molecule has 0 bridgehead atoms. The third-order valence-corrected chi connectivity index (χ3v) is 11.7. The van der Waals surface area contributed by atoms with Gasteiger partial charge in [-0.05, 0) is 106 Å². The highest BCUT2D eigenvalue weighted by molar-refractivity contribution is 6.11. The van der Waals surface area contributed by atoms with Gasteiger partial charge in [-0.25, -0.2) is 9.97 Å². The SMILES string of the molecule is CC(C)c1cccc(C(C)C)c1-c1cc(-c2ccc3c4cc(C(C)(C)C)ccc4n(-c4ccc5c6ccccc6n(-c6cc(C(C)(C)C)ccn6)c5c4)c3n2)[nH]n1. The second-order valence-electron chi connectivity index (χ2n) is 18.4. The Bertz CT molecular complexity index is 2960. The van der Waals surface area contributed by atoms with Crippen LogP contribution >= 0.6 is 0 Å². The smallest absolute Gasteiger partial charge is 0.146 e. The van der Waals surface area contributed by atoms with Gasteiger partial charge in [0.15, 0.2) is 0 Å². The number of aromatic amines is 1. The molecule has 0 saturated carbocycles. The molecule has 0 aliphatic heterocycles. The van der Waals surface area contributed by atoms with Crippen LogP contribution in [0.15, 0.2) is 115 Å². The molecule has 6 nitrogen and oxygen atoms in total. The zero-order valence-corrected chi connectivity index (χ0v) is 34.9. The van der Waals surface area contributed by atoms with Gasteiger partial charge in [-0.2, -0.15) is 5.10 Å². The zero-order chi connectivity index (χ0) is 40.0. The van der Waals surface area contributed by atoms with Crippen molar-refractivity contribution in [3.8, 4) is 34.2 Å². The Balaban J connectivity index is 1.28. The number of aromatic nitrogens is 6. The molecule has 0 aliphatic rings. The molecular weight excluding hydrogens is 697 g/mol. The van der Waals surface area contributed by atoms with Crippen molar-refractivity contribution < 1.29 is 0 Å². The number of pyridine rings is 2. The summed E-state index contributed by atoms with van der Waals surface area (Å²) >= 11 is 0. The molecule has 5 heterocycles. The fourth-order valence-electron chi connectivity index (χ4n) is 8.55. The highest BCUT2D eigenvalue weighted by Gasteiger charge is 2.23. The minimum absolute atomic E-state index is 0.00212. The van der Waals surface area contributed by atoms with Gasteiger partial charge in [-0.3, -0.25) is 14.2 Å². The molecule has 6 heteroatoms. The Labute approximate surface area is 335 Å². The molecule has 57 heavy (non-hydrogen) atoms. The quantitative estimate of drug-likeness (QED) is 0.184. The molecule has 0 amide bonds. The van der Waals surface area contributed by atoms with Gasteiger partial charge in [-0.15, -0.1) is 0 Å². The summed E-state index contributed by atoms with van der Waals surface area (Å²) < 4.78 is 4.66. The zero-order valence-electron chi connectivity index (χ0n) is 34.9. The third-order valence-electron chi connectivity index (χ3n) is 11.7. The van der Waals surface area contributed by atoms with E-state index in [1.54, 1.807) is 0 Å². The van der Waals surface area contributed by atoms with Gasteiger partial charge in [0.05, 0.1) is 33.6 Å². The molecule has 0 saturated heterocycles. The average Bonchev–Trinajstić information content (AvgIpc) is 3.89. The number of benzene rings is 4. The number of H-pyrrole nitrogens is 1. The molecule has 0 radical (unpaired) electrons. The van der Waals surface area contributed by atoms with Crippen molar-refractivity contribution in [1.29, 1.82) is 0 Å². The summed E-state index contributed by atoms with van der Waals surface area (Å²) in [6.45, 7) is 22.6. The molecule has 9 aromatic rings. The average molecular weight is 749 g/mol. The first-order valence-corrected chi connectivity index (χ1v) is 20.3. The van der Waals surface area contributed by atoms with E-state index in [0.717, 1.165) is 56.2 Å². The number of nitrogens with one attached hydrogen (secondary N) is 1. The summed E-state index contributed by atoms with van der Waals surface area (Å²) in [6.07, 6.45) is 1.94. The van der Waals surface area contributed by atoms with Gasteiger partial charge >= 0.3 is 0 Å². The molecule has 4 aromatic carbocycles. The number of hydrogen-bond acceptors (Lipinski definition) is 3. The molecule has 0 unspecified atom stereocenters. The lowest BCUT2D eigenvalue weighted by Gasteiger charge is -2.20. The van der Waals surface area contributed by atoms with E-state index >= 15 is 0 Å². The molecule has 0 fully saturated rings. The van der Waals surface area contributed by atoms with Crippen molar-refractivity contribution in [2.45, 2.75) is 91.9 Å². The Kier molecular flexibility index (Phi) is 8.54. The Morgan fingerprint density at radius 3 is 1.93 bits per heavy atom. The first-order valence-electron chi connectivity index (χ1n) is 20.3. The van der Waals surface area contributed by atoms with E-state index in [9.17, 15) is 0 Å². The molecule has 0 spiro atoms. The minimum Gasteiger partial charge on any atom is -0.294 e. The number of hydrogen-bond donors (Lipinski definition) is 1. The fourth-order valence-corrected chi connectivity index (χ4v) is 8.55. The second-order valence-corrected chi connectivity index (χ2v) is 18.4. The highest BCUT2D eigenvalue weighted by Crippen LogP contribution is 2.40. The summed E-state index contributed by atoms with van der Waals surface area (Å²) in [6, 6.07) is 40.0. The van der Waals surface area contributed by atoms with E-state index in [-0.39, 0.29) is 10.8 Å². The lowest BCUT2D eigenvalue weighted by molar-refractivity contribution is 0.588. The summed E-state index contributed by atoms with van der Waals surface area (Å²) in [5.74, 6) is 1.66. The first kappa shape index (κ1) is 36.6. The fraction of sp³-hybridized carbons (Fsp3) is 0.275. The van der Waals surface area contributed by atoms with Crippen molar-refractivity contribution in [2.75, 3.05) is 0 Å². The maximum Gasteiger partial charge on any atom is 0.146 e. The van der Waals surface area contributed by atoms with Crippen LogP contribution in [-0.4, -0.2) is 29.3 Å². The molecule has 1 N–H and O–H groups in total. The minimum atomic E-state index is -0.0101. The Morgan fingerprint density at radius 1 is 0.544 bits per heavy atom. The lowest BCUT2D eigenvalue weighted by Crippen LogP contribution is -2.12. The van der Waals surface area contributed by atoms with Gasteiger partial charge < -0.3 is 0 Å². The maximum absolute atomic E-state index is 5.49. The van der Waals surface area contributed by atoms with E-state index < -0.39 is 0 Å². The molecular formula is C51H52N6. The van der Waals surface area contributed by atoms with Gasteiger partial charge in [-0.1, -0.05) is 118 Å². The van der Waals surface area contributed by atoms with Crippen molar-refractivity contribution in [3.05, 3.63) is 138 Å². The van der Waals surface area contributed by atoms with E-state index in [1.807, 2.05) is 6.20 Å². The summed E-state index contributed by atoms with van der Waals surface area (Å²) in [7, 11) is 0. The van der Waals surface area contributed by atoms with E-state index in [4.69, 9.17) is 15.1 Å². The van der Waals surface area contributed by atoms with Crippen molar-refractivity contribution in [2.24, 2.45) is 0 Å². The predicted molar refractivity (Wildman–Crippen MR) is 239 cm³/mol. The lowest BCUT2D eigenvalue weighted by atomic mass is 9.86. The van der Waals surface area contributed by atoms with Crippen LogP contribution in [0.3, 0.4) is 0 Å². The van der Waals surface area contributed by atoms with E-state index in [0.29, 0.717) is 11.8 Å². The van der Waals surface area contributed by atoms with Crippen LogP contribution in [-0.2, 0) is 10.8 Å². The monoisotopic (exact) mass is 748 g/mol. The number of nitrogens with zero attached hydrogens (tertiary/aromatic N) is 5. The largest absolute Gasteiger partial charge is 0.294 e. The van der Waals surface area contributed by atoms with Crippen LogP contribution in [0.2, 0.25) is 0 Å². The van der Waals surface area contributed by atoms with Crippen LogP contribution in [0.4, 0.5) is 0 Å². The van der Waals surface area contributed by atoms with Crippen LogP contribution in [0.25, 0.3) is 77.9 Å². The normalized spacial score (nSPS) is 12.7. The summed E-state index contributed by atoms with van der Waals surface area (Å²) in [5.41, 5.74) is 14.4. The molecule has 0 atom stereocenters. The van der Waals surface area contributed by atoms with Crippen molar-refractivity contribution in [3.63, 3.8) is 0 Å². The van der Waals surface area contributed by atoms with Gasteiger partial charge in [0, 0.05) is 39.0 Å². The first-order chi connectivity index (χ1) is 27.2. The number of fused-ring (bicyclic) bond motifs is 6. The standard InChI is InChI=1S/C51H52N6/c1-30(2)35-15-13-16-36(31(3)4)48(35)43-29-42(54-55-43)41-22-21-39-40-26-32(50(5,6)7)18-23-45(40)56(49(39)53-41)34-19-20-38-37-14-11-12-17-44(37)57(46(38)28-34)47-27-33(24-25-52-47)51(8,9)10/h11-31H,1-10H3,(H,54,55). The third kappa shape index (κ3) is 6.13. The number of rotatable bonds is 6. The van der Waals surface area contributed by atoms with Crippen LogP contribution in [0, 0.1) is 0 Å². The van der Waals surface area contributed by atoms with Crippen molar-refractivity contribution >= 4 is 43.7 Å². The van der Waals surface area contributed by atoms with E-state index in [1.165, 1.54) is 44.0 Å². The Morgan fingerprint density at radius 2 is 1.21 bits per heavy atom. The van der Waals surface area contributed by atoms with E-state index in [2.05, 4.69) is 193 Å².